The quantitative estimate of drug-likeness (QED) is 0.227. The smallest absolute Gasteiger partial charge is 0.335 e. The van der Waals surface area contributed by atoms with Gasteiger partial charge in [0.25, 0.3) is 0 Å². The zero-order valence-corrected chi connectivity index (χ0v) is 25.5. The Balaban J connectivity index is 1.40. The van der Waals surface area contributed by atoms with Crippen molar-refractivity contribution in [3.8, 4) is 11.5 Å². The Bertz CT molecular complexity index is 1400. The molecule has 11 heteroatoms. The van der Waals surface area contributed by atoms with Gasteiger partial charge in [-0.25, -0.2) is 4.79 Å². The summed E-state index contributed by atoms with van der Waals surface area (Å²) in [7, 11) is 0. The Kier molecular flexibility index (Phi) is 9.28. The van der Waals surface area contributed by atoms with Crippen LogP contribution in [0.25, 0.3) is 10.8 Å². The molecule has 11 nitrogen and oxygen atoms in total. The summed E-state index contributed by atoms with van der Waals surface area (Å²) in [5.74, 6) is -1.76. The van der Waals surface area contributed by atoms with Gasteiger partial charge in [0.15, 0.2) is 5.78 Å². The molecule has 6 N–H and O–H groups in total. The zero-order chi connectivity index (χ0) is 32.0. The summed E-state index contributed by atoms with van der Waals surface area (Å²) in [6, 6.07) is 3.98. The number of hydrogen-bond donors (Lipinski definition) is 6. The van der Waals surface area contributed by atoms with Crippen LogP contribution in [-0.4, -0.2) is 92.4 Å². The van der Waals surface area contributed by atoms with Gasteiger partial charge in [-0.05, 0) is 86.3 Å². The Morgan fingerprint density at radius 3 is 2.50 bits per heavy atom. The van der Waals surface area contributed by atoms with Crippen LogP contribution in [0.2, 0.25) is 0 Å². The number of aromatic carboxylic acids is 1. The highest BCUT2D eigenvalue weighted by Gasteiger charge is 2.56. The minimum atomic E-state index is -2.00. The van der Waals surface area contributed by atoms with Crippen molar-refractivity contribution in [2.75, 3.05) is 19.8 Å². The number of aromatic hydroxyl groups is 1. The average molecular weight is 617 g/mol. The number of phenolic OH excluding ortho intramolecular Hbond substituents is 1. The number of carbonyl (C=O) groups is 2. The molecule has 1 saturated carbocycles. The van der Waals surface area contributed by atoms with E-state index in [-0.39, 0.29) is 45.4 Å². The Morgan fingerprint density at radius 2 is 1.86 bits per heavy atom. The lowest BCUT2D eigenvalue weighted by Gasteiger charge is -2.49. The predicted molar refractivity (Wildman–Crippen MR) is 159 cm³/mol. The van der Waals surface area contributed by atoms with E-state index in [0.29, 0.717) is 24.5 Å². The second-order valence-electron chi connectivity index (χ2n) is 13.1. The van der Waals surface area contributed by atoms with E-state index < -0.39 is 54.3 Å². The minimum Gasteiger partial charge on any atom is -0.506 e. The highest BCUT2D eigenvalue weighted by molar-refractivity contribution is 6.08. The van der Waals surface area contributed by atoms with Crippen LogP contribution in [0.4, 0.5) is 0 Å². The fourth-order valence-electron chi connectivity index (χ4n) is 8.05. The van der Waals surface area contributed by atoms with Gasteiger partial charge in [0.1, 0.15) is 35.4 Å². The van der Waals surface area contributed by atoms with Crippen molar-refractivity contribution < 1.29 is 54.4 Å². The van der Waals surface area contributed by atoms with Gasteiger partial charge in [-0.2, -0.15) is 0 Å². The molecule has 44 heavy (non-hydrogen) atoms. The summed E-state index contributed by atoms with van der Waals surface area (Å²) in [6.07, 6.45) is -0.530. The number of aryl methyl sites for hydroxylation is 1. The SMILES string of the molecule is CC(=O)c1c(C)cc2cc(C(=O)O)cc(OC3OC(CO)C(O)(CCC(C)C4CCOCC45CCCC5)C(O)C3O)c2c1O. The van der Waals surface area contributed by atoms with E-state index in [1.807, 2.05) is 0 Å². The molecule has 0 aromatic heterocycles. The van der Waals surface area contributed by atoms with Gasteiger partial charge in [-0.1, -0.05) is 25.8 Å². The van der Waals surface area contributed by atoms with Crippen LogP contribution < -0.4 is 4.74 Å². The summed E-state index contributed by atoms with van der Waals surface area (Å²) < 4.78 is 17.6. The highest BCUT2D eigenvalue weighted by atomic mass is 16.7. The summed E-state index contributed by atoms with van der Waals surface area (Å²) in [6.45, 7) is 5.76. The Hall–Kier alpha value is -2.80. The van der Waals surface area contributed by atoms with E-state index in [9.17, 15) is 40.2 Å². The molecule has 7 unspecified atom stereocenters. The summed E-state index contributed by atoms with van der Waals surface area (Å²) in [5.41, 5.74) is -1.61. The second-order valence-corrected chi connectivity index (χ2v) is 13.1. The first-order chi connectivity index (χ1) is 20.8. The number of carbonyl (C=O) groups excluding carboxylic acids is 1. The fraction of sp³-hybridized carbons (Fsp3) is 0.636. The third-order valence-corrected chi connectivity index (χ3v) is 10.4. The molecule has 1 aliphatic carbocycles. The summed E-state index contributed by atoms with van der Waals surface area (Å²) >= 11 is 0. The Morgan fingerprint density at radius 1 is 1.16 bits per heavy atom. The molecule has 0 amide bonds. The lowest BCUT2D eigenvalue weighted by molar-refractivity contribution is -0.315. The van der Waals surface area contributed by atoms with Gasteiger partial charge in [0, 0.05) is 6.61 Å². The fourth-order valence-corrected chi connectivity index (χ4v) is 8.05. The van der Waals surface area contributed by atoms with Gasteiger partial charge >= 0.3 is 5.97 Å². The summed E-state index contributed by atoms with van der Waals surface area (Å²) in [5, 5.41) is 65.4. The van der Waals surface area contributed by atoms with E-state index >= 15 is 0 Å². The molecular weight excluding hydrogens is 572 g/mol. The van der Waals surface area contributed by atoms with Crippen LogP contribution in [0.1, 0.15) is 85.1 Å². The van der Waals surface area contributed by atoms with Crippen molar-refractivity contribution in [3.05, 3.63) is 34.9 Å². The molecule has 7 atom stereocenters. The number of carboxylic acid groups (broad SMARTS) is 1. The topological polar surface area (TPSA) is 183 Å². The third kappa shape index (κ3) is 5.70. The monoisotopic (exact) mass is 616 g/mol. The van der Waals surface area contributed by atoms with Crippen LogP contribution in [0.3, 0.4) is 0 Å². The van der Waals surface area contributed by atoms with E-state index in [2.05, 4.69) is 6.92 Å². The van der Waals surface area contributed by atoms with Gasteiger partial charge in [0.2, 0.25) is 6.29 Å². The van der Waals surface area contributed by atoms with Crippen molar-refractivity contribution in [2.24, 2.45) is 17.3 Å². The number of benzene rings is 2. The number of aliphatic hydroxyl groups excluding tert-OH is 3. The van der Waals surface area contributed by atoms with Crippen LogP contribution in [0, 0.1) is 24.2 Å². The highest BCUT2D eigenvalue weighted by Crippen LogP contribution is 2.52. The zero-order valence-electron chi connectivity index (χ0n) is 25.5. The molecule has 2 aliphatic heterocycles. The first-order valence-electron chi connectivity index (χ1n) is 15.5. The molecule has 3 aliphatic rings. The molecular formula is C33H44O11. The van der Waals surface area contributed by atoms with E-state index in [1.165, 1.54) is 25.8 Å². The molecule has 1 spiro atoms. The molecule has 5 rings (SSSR count). The minimum absolute atomic E-state index is 0.0172. The van der Waals surface area contributed by atoms with E-state index in [4.69, 9.17) is 14.2 Å². The molecule has 0 bridgehead atoms. The van der Waals surface area contributed by atoms with Crippen LogP contribution >= 0.6 is 0 Å². The second kappa shape index (κ2) is 12.5. The standard InChI is InChI=1S/C33H44O11/c1-17(22-7-11-42-16-32(22)8-4-5-9-32)6-10-33(41)24(15-34)44-31(28(37)29(33)38)43-23-14-21(30(39)40)13-20-12-18(2)25(19(3)35)27(36)26(20)23/h12-14,17,22,24,28-29,31,34,36-38,41H,4-11,15-16H2,1-3H3,(H,39,40). The molecule has 0 radical (unpaired) electrons. The number of hydrogen-bond acceptors (Lipinski definition) is 10. The molecule has 242 valence electrons. The van der Waals surface area contributed by atoms with Crippen molar-refractivity contribution >= 4 is 22.5 Å². The lowest BCUT2D eigenvalue weighted by Crippen LogP contribution is -2.68. The summed E-state index contributed by atoms with van der Waals surface area (Å²) in [4.78, 5) is 24.2. The maximum Gasteiger partial charge on any atom is 0.335 e. The van der Waals surface area contributed by atoms with Crippen LogP contribution in [-0.2, 0) is 9.47 Å². The number of phenols is 1. The number of fused-ring (bicyclic) bond motifs is 1. The normalized spacial score (nSPS) is 30.8. The maximum atomic E-state index is 12.3. The first kappa shape index (κ1) is 32.6. The lowest BCUT2D eigenvalue weighted by atomic mass is 9.65. The van der Waals surface area contributed by atoms with E-state index in [0.717, 1.165) is 31.9 Å². The number of ketones is 1. The molecule has 2 aromatic carbocycles. The number of Topliss-reactive ketones (excluding diaryl/α,β-unsaturated/α-hetero) is 1. The van der Waals surface area contributed by atoms with Crippen molar-refractivity contribution in [3.63, 3.8) is 0 Å². The maximum absolute atomic E-state index is 12.3. The molecule has 3 fully saturated rings. The van der Waals surface area contributed by atoms with E-state index in [1.54, 1.807) is 13.0 Å². The molecule has 2 heterocycles. The number of ether oxygens (including phenoxy) is 3. The van der Waals surface area contributed by atoms with Crippen LogP contribution in [0.5, 0.6) is 11.5 Å². The van der Waals surface area contributed by atoms with Gasteiger partial charge in [-0.15, -0.1) is 0 Å². The number of rotatable bonds is 9. The average Bonchev–Trinajstić information content (AvgIpc) is 3.44. The number of aliphatic hydroxyl groups is 4. The van der Waals surface area contributed by atoms with Crippen molar-refractivity contribution in [1.82, 2.24) is 0 Å². The largest absolute Gasteiger partial charge is 0.506 e. The predicted octanol–water partition coefficient (Wildman–Crippen LogP) is 3.32. The van der Waals surface area contributed by atoms with Crippen molar-refractivity contribution in [1.29, 1.82) is 0 Å². The molecule has 2 saturated heterocycles. The third-order valence-electron chi connectivity index (χ3n) is 10.4. The van der Waals surface area contributed by atoms with Gasteiger partial charge in [0.05, 0.1) is 29.7 Å². The van der Waals surface area contributed by atoms with Crippen LogP contribution in [0.15, 0.2) is 18.2 Å². The number of carboxylic acids is 1. The van der Waals surface area contributed by atoms with Crippen molar-refractivity contribution in [2.45, 2.75) is 95.9 Å². The van der Waals surface area contributed by atoms with Gasteiger partial charge in [-0.3, -0.25) is 4.79 Å². The molecule has 2 aromatic rings. The first-order valence-corrected chi connectivity index (χ1v) is 15.5. The Labute approximate surface area is 256 Å². The van der Waals surface area contributed by atoms with Gasteiger partial charge < -0.3 is 44.8 Å².